The first-order valence-electron chi connectivity index (χ1n) is 9.00. The number of fused-ring (bicyclic) bond motifs is 1. The second kappa shape index (κ2) is 7.60. The van der Waals surface area contributed by atoms with Gasteiger partial charge in [0.05, 0.1) is 29.6 Å². The van der Waals surface area contributed by atoms with Crippen molar-refractivity contribution in [2.45, 2.75) is 20.4 Å². The Labute approximate surface area is 171 Å². The van der Waals surface area contributed by atoms with Gasteiger partial charge in [-0.1, -0.05) is 39.7 Å². The van der Waals surface area contributed by atoms with E-state index in [0.717, 1.165) is 37.8 Å². The number of hydrogen-bond donors (Lipinski definition) is 1. The number of benzene rings is 2. The molecule has 0 atom stereocenters. The highest BCUT2D eigenvalue weighted by atomic mass is 79.9. The number of pyridine rings is 1. The first-order chi connectivity index (χ1) is 13.5. The fraction of sp³-hybridized carbons (Fsp3) is 0.130. The molecule has 1 amide bonds. The number of carbonyl (C=O) groups excluding carboxylic acids is 1. The van der Waals surface area contributed by atoms with Crippen molar-refractivity contribution in [3.05, 3.63) is 87.8 Å². The van der Waals surface area contributed by atoms with Crippen LogP contribution in [0.5, 0.6) is 0 Å². The van der Waals surface area contributed by atoms with Crippen LogP contribution in [0.15, 0.2) is 69.8 Å². The lowest BCUT2D eigenvalue weighted by Gasteiger charge is -2.13. The van der Waals surface area contributed by atoms with Crippen LogP contribution in [0.3, 0.4) is 0 Å². The zero-order chi connectivity index (χ0) is 19.7. The fourth-order valence-corrected chi connectivity index (χ4v) is 3.58. The van der Waals surface area contributed by atoms with Gasteiger partial charge in [-0.15, -0.1) is 0 Å². The van der Waals surface area contributed by atoms with E-state index in [1.165, 1.54) is 0 Å². The van der Waals surface area contributed by atoms with E-state index in [1.807, 2.05) is 62.4 Å². The van der Waals surface area contributed by atoms with Gasteiger partial charge in [-0.25, -0.2) is 4.98 Å². The lowest BCUT2D eigenvalue weighted by molar-refractivity contribution is 0.0949. The number of rotatable bonds is 4. The van der Waals surface area contributed by atoms with Gasteiger partial charge in [-0.2, -0.15) is 0 Å². The van der Waals surface area contributed by atoms with Gasteiger partial charge in [0, 0.05) is 15.4 Å². The van der Waals surface area contributed by atoms with Crippen LogP contribution in [0.2, 0.25) is 0 Å². The molecule has 2 heterocycles. The number of aromatic nitrogens is 1. The Morgan fingerprint density at radius 1 is 1.11 bits per heavy atom. The molecule has 0 unspecified atom stereocenters. The molecule has 0 radical (unpaired) electrons. The summed E-state index contributed by atoms with van der Waals surface area (Å²) in [6.07, 6.45) is 1.60. The smallest absolute Gasteiger partial charge is 0.252 e. The topological polar surface area (TPSA) is 55.1 Å². The summed E-state index contributed by atoms with van der Waals surface area (Å²) in [7, 11) is 0. The maximum Gasteiger partial charge on any atom is 0.252 e. The van der Waals surface area contributed by atoms with E-state index >= 15 is 0 Å². The predicted molar refractivity (Wildman–Crippen MR) is 114 cm³/mol. The Morgan fingerprint density at radius 2 is 1.89 bits per heavy atom. The predicted octanol–water partition coefficient (Wildman–Crippen LogP) is 5.80. The molecule has 0 saturated carbocycles. The molecule has 0 aliphatic carbocycles. The summed E-state index contributed by atoms with van der Waals surface area (Å²) in [6.45, 7) is 4.39. The number of furan rings is 1. The SMILES string of the molecule is Cc1cc(C)c2nc(-c3ccc(Br)cc3)cc(C(=O)NCc3ccco3)c2c1. The number of carbonyl (C=O) groups is 1. The Hall–Kier alpha value is -2.92. The van der Waals surface area contributed by atoms with Gasteiger partial charge in [0.1, 0.15) is 5.76 Å². The molecular weight excluding hydrogens is 416 g/mol. The Balaban J connectivity index is 1.82. The maximum atomic E-state index is 13.0. The molecule has 140 valence electrons. The standard InChI is InChI=1S/C23H19BrN2O2/c1-14-10-15(2)22-19(11-14)20(23(27)25-13-18-4-3-9-28-18)12-21(26-22)16-5-7-17(24)8-6-16/h3-12H,13H2,1-2H3,(H,25,27). The summed E-state index contributed by atoms with van der Waals surface area (Å²) in [5.74, 6) is 0.569. The van der Waals surface area contributed by atoms with Gasteiger partial charge in [0.15, 0.2) is 0 Å². The van der Waals surface area contributed by atoms with Crippen molar-refractivity contribution in [3.8, 4) is 11.3 Å². The van der Waals surface area contributed by atoms with Crippen LogP contribution in [0.4, 0.5) is 0 Å². The number of halogens is 1. The maximum absolute atomic E-state index is 13.0. The van der Waals surface area contributed by atoms with Crippen LogP contribution in [0, 0.1) is 13.8 Å². The van der Waals surface area contributed by atoms with Crippen molar-refractivity contribution in [2.24, 2.45) is 0 Å². The summed E-state index contributed by atoms with van der Waals surface area (Å²) in [4.78, 5) is 17.9. The van der Waals surface area contributed by atoms with Crippen LogP contribution < -0.4 is 5.32 Å². The van der Waals surface area contributed by atoms with Crippen LogP contribution in [0.1, 0.15) is 27.2 Å². The number of aryl methyl sites for hydroxylation is 2. The molecule has 4 nitrogen and oxygen atoms in total. The molecule has 2 aromatic heterocycles. The molecule has 28 heavy (non-hydrogen) atoms. The molecule has 5 heteroatoms. The quantitative estimate of drug-likeness (QED) is 0.441. The molecule has 0 bridgehead atoms. The second-order valence-electron chi connectivity index (χ2n) is 6.80. The molecule has 4 aromatic rings. The van der Waals surface area contributed by atoms with Crippen LogP contribution in [0.25, 0.3) is 22.2 Å². The van der Waals surface area contributed by atoms with Gasteiger partial charge >= 0.3 is 0 Å². The van der Waals surface area contributed by atoms with Gasteiger partial charge in [0.2, 0.25) is 0 Å². The number of hydrogen-bond acceptors (Lipinski definition) is 3. The number of nitrogens with one attached hydrogen (secondary N) is 1. The van der Waals surface area contributed by atoms with Gasteiger partial charge in [0.25, 0.3) is 5.91 Å². The van der Waals surface area contributed by atoms with E-state index in [9.17, 15) is 4.79 Å². The molecule has 0 aliphatic rings. The summed E-state index contributed by atoms with van der Waals surface area (Å²) < 4.78 is 6.32. The van der Waals surface area contributed by atoms with E-state index < -0.39 is 0 Å². The molecule has 0 aliphatic heterocycles. The molecule has 1 N–H and O–H groups in total. The van der Waals surface area contributed by atoms with E-state index in [1.54, 1.807) is 6.26 Å². The highest BCUT2D eigenvalue weighted by Crippen LogP contribution is 2.28. The van der Waals surface area contributed by atoms with E-state index in [-0.39, 0.29) is 5.91 Å². The Morgan fingerprint density at radius 3 is 2.61 bits per heavy atom. The zero-order valence-corrected chi connectivity index (χ0v) is 17.2. The lowest BCUT2D eigenvalue weighted by atomic mass is 9.99. The average molecular weight is 435 g/mol. The van der Waals surface area contributed by atoms with Crippen molar-refractivity contribution in [2.75, 3.05) is 0 Å². The molecule has 0 fully saturated rings. The van der Waals surface area contributed by atoms with Crippen molar-refractivity contribution in [1.29, 1.82) is 0 Å². The third-order valence-corrected chi connectivity index (χ3v) is 5.16. The number of amides is 1. The highest BCUT2D eigenvalue weighted by molar-refractivity contribution is 9.10. The molecule has 0 saturated heterocycles. The summed E-state index contributed by atoms with van der Waals surface area (Å²) >= 11 is 3.46. The minimum Gasteiger partial charge on any atom is -0.467 e. The summed E-state index contributed by atoms with van der Waals surface area (Å²) in [5, 5.41) is 3.81. The van der Waals surface area contributed by atoms with Crippen molar-refractivity contribution >= 4 is 32.7 Å². The molecule has 2 aromatic carbocycles. The van der Waals surface area contributed by atoms with Gasteiger partial charge < -0.3 is 9.73 Å². The lowest BCUT2D eigenvalue weighted by Crippen LogP contribution is -2.23. The second-order valence-corrected chi connectivity index (χ2v) is 7.72. The third kappa shape index (κ3) is 3.71. The summed E-state index contributed by atoms with van der Waals surface area (Å²) in [5.41, 5.74) is 5.34. The van der Waals surface area contributed by atoms with Crippen LogP contribution in [-0.4, -0.2) is 10.9 Å². The van der Waals surface area contributed by atoms with Crippen LogP contribution in [-0.2, 0) is 6.54 Å². The molecular formula is C23H19BrN2O2. The number of nitrogens with zero attached hydrogens (tertiary/aromatic N) is 1. The third-order valence-electron chi connectivity index (χ3n) is 4.64. The monoisotopic (exact) mass is 434 g/mol. The highest BCUT2D eigenvalue weighted by Gasteiger charge is 2.16. The zero-order valence-electron chi connectivity index (χ0n) is 15.6. The molecule has 0 spiro atoms. The van der Waals surface area contributed by atoms with E-state index in [4.69, 9.17) is 9.40 Å². The van der Waals surface area contributed by atoms with Crippen molar-refractivity contribution in [1.82, 2.24) is 10.3 Å². The first kappa shape index (κ1) is 18.4. The largest absolute Gasteiger partial charge is 0.467 e. The average Bonchev–Trinajstić information content (AvgIpc) is 3.20. The Kier molecular flexibility index (Phi) is 5.01. The van der Waals surface area contributed by atoms with Crippen molar-refractivity contribution in [3.63, 3.8) is 0 Å². The summed E-state index contributed by atoms with van der Waals surface area (Å²) in [6, 6.07) is 17.5. The first-order valence-corrected chi connectivity index (χ1v) is 9.79. The molecule has 4 rings (SSSR count). The van der Waals surface area contributed by atoms with E-state index in [0.29, 0.717) is 17.9 Å². The fourth-order valence-electron chi connectivity index (χ4n) is 3.31. The Bertz CT molecular complexity index is 1150. The van der Waals surface area contributed by atoms with Gasteiger partial charge in [-0.3, -0.25) is 4.79 Å². The van der Waals surface area contributed by atoms with E-state index in [2.05, 4.69) is 27.3 Å². The minimum atomic E-state index is -0.146. The van der Waals surface area contributed by atoms with Crippen molar-refractivity contribution < 1.29 is 9.21 Å². The normalized spacial score (nSPS) is 11.0. The minimum absolute atomic E-state index is 0.146. The van der Waals surface area contributed by atoms with Crippen LogP contribution >= 0.6 is 15.9 Å². The van der Waals surface area contributed by atoms with Gasteiger partial charge in [-0.05, 0) is 55.8 Å².